The number of benzene rings is 1. The molecule has 1 saturated heterocycles. The Balaban J connectivity index is 1.20. The van der Waals surface area contributed by atoms with Crippen LogP contribution in [0.3, 0.4) is 0 Å². The molecule has 0 amide bonds. The summed E-state index contributed by atoms with van der Waals surface area (Å²) in [4.78, 5) is 1.87. The monoisotopic (exact) mass is 505 g/mol. The normalized spacial score (nSPS) is 35.3. The Morgan fingerprint density at radius 1 is 1.17 bits per heavy atom. The third kappa shape index (κ3) is 5.55. The van der Waals surface area contributed by atoms with Gasteiger partial charge in [0.05, 0.1) is 12.1 Å². The van der Waals surface area contributed by atoms with Crippen molar-refractivity contribution in [3.8, 4) is 6.07 Å². The predicted molar refractivity (Wildman–Crippen MR) is 130 cm³/mol. The first-order chi connectivity index (χ1) is 16.7. The van der Waals surface area contributed by atoms with E-state index < -0.39 is 22.0 Å². The minimum absolute atomic E-state index is 0.191. The first kappa shape index (κ1) is 25.1. The lowest BCUT2D eigenvalue weighted by atomic mass is 9.50. The molecule has 4 bridgehead atoms. The molecule has 1 aromatic rings. The van der Waals surface area contributed by atoms with Crippen molar-refractivity contribution in [2.45, 2.75) is 81.1 Å². The topological polar surface area (TPSA) is 117 Å². The second-order valence-electron chi connectivity index (χ2n) is 11.3. The van der Waals surface area contributed by atoms with Crippen LogP contribution in [0.2, 0.25) is 0 Å². The van der Waals surface area contributed by atoms with Crippen molar-refractivity contribution in [3.05, 3.63) is 35.6 Å². The van der Waals surface area contributed by atoms with Gasteiger partial charge >= 0.3 is 0 Å². The van der Waals surface area contributed by atoms with E-state index in [9.17, 15) is 23.2 Å². The zero-order valence-corrected chi connectivity index (χ0v) is 20.9. The highest BCUT2D eigenvalue weighted by molar-refractivity contribution is 7.87. The molecule has 0 spiro atoms. The summed E-state index contributed by atoms with van der Waals surface area (Å²) in [6.07, 6.45) is 7.02. The standard InChI is InChI=1S/C25H36FN5O3S/c26-21-5-3-18(4-6-21)7-8-29-35(33,34)30-25-13-19-10-20(14-25)12-24(11-19,17-25)28-16-23(32)31-9-1-2-22(31)15-27/h3-6,19-20,22-23,28-30,32H,1-2,7-14,16-17H2/t19?,20?,22-,23?,24?,25?/m0/s1. The molecular weight excluding hydrogens is 469 g/mol. The quantitative estimate of drug-likeness (QED) is 0.385. The van der Waals surface area contributed by atoms with E-state index in [2.05, 4.69) is 20.8 Å². The average Bonchev–Trinajstić information content (AvgIpc) is 3.26. The van der Waals surface area contributed by atoms with Crippen LogP contribution in [0.1, 0.15) is 56.9 Å². The number of nitriles is 1. The lowest BCUT2D eigenvalue weighted by Crippen LogP contribution is -2.70. The van der Waals surface area contributed by atoms with Gasteiger partial charge in [-0.05, 0) is 87.3 Å². The molecule has 4 atom stereocenters. The SMILES string of the molecule is N#C[C@@H]1CCCN1C(O)CNC12CC3CC(C1)CC(NS(=O)(=O)NCCc1ccc(F)cc1)(C3)C2. The Morgan fingerprint density at radius 2 is 1.86 bits per heavy atom. The highest BCUT2D eigenvalue weighted by atomic mass is 32.2. The third-order valence-electron chi connectivity index (χ3n) is 8.52. The van der Waals surface area contributed by atoms with Gasteiger partial charge in [-0.1, -0.05) is 12.1 Å². The molecule has 4 aliphatic carbocycles. The molecule has 1 aromatic carbocycles. The second-order valence-corrected chi connectivity index (χ2v) is 12.8. The maximum atomic E-state index is 13.1. The second kappa shape index (κ2) is 9.69. The van der Waals surface area contributed by atoms with E-state index in [1.165, 1.54) is 12.1 Å². The van der Waals surface area contributed by atoms with Gasteiger partial charge in [-0.25, -0.2) is 9.11 Å². The van der Waals surface area contributed by atoms with Gasteiger partial charge < -0.3 is 10.4 Å². The molecule has 0 aromatic heterocycles. The minimum Gasteiger partial charge on any atom is -0.377 e. The zero-order valence-electron chi connectivity index (χ0n) is 20.0. The van der Waals surface area contributed by atoms with Crippen LogP contribution in [-0.4, -0.2) is 61.4 Å². The van der Waals surface area contributed by atoms with E-state index >= 15 is 0 Å². The van der Waals surface area contributed by atoms with Crippen LogP contribution in [0.15, 0.2) is 24.3 Å². The van der Waals surface area contributed by atoms with Crippen molar-refractivity contribution in [2.24, 2.45) is 11.8 Å². The van der Waals surface area contributed by atoms with Crippen molar-refractivity contribution in [2.75, 3.05) is 19.6 Å². The summed E-state index contributed by atoms with van der Waals surface area (Å²) in [5.41, 5.74) is 0.207. The summed E-state index contributed by atoms with van der Waals surface area (Å²) in [6, 6.07) is 8.15. The number of halogens is 1. The van der Waals surface area contributed by atoms with Gasteiger partial charge in [-0.2, -0.15) is 18.4 Å². The highest BCUT2D eigenvalue weighted by Crippen LogP contribution is 2.57. The van der Waals surface area contributed by atoms with Crippen LogP contribution < -0.4 is 14.8 Å². The van der Waals surface area contributed by atoms with Crippen LogP contribution in [-0.2, 0) is 16.6 Å². The molecule has 8 nitrogen and oxygen atoms in total. The molecule has 10 heteroatoms. The van der Waals surface area contributed by atoms with E-state index in [1.807, 2.05) is 4.90 Å². The molecule has 6 rings (SSSR count). The fourth-order valence-electron chi connectivity index (χ4n) is 7.60. The summed E-state index contributed by atoms with van der Waals surface area (Å²) in [7, 11) is -3.70. The van der Waals surface area contributed by atoms with Gasteiger partial charge in [0, 0.05) is 30.7 Å². The molecule has 5 fully saturated rings. The highest BCUT2D eigenvalue weighted by Gasteiger charge is 2.58. The molecule has 0 radical (unpaired) electrons. The van der Waals surface area contributed by atoms with Crippen molar-refractivity contribution in [1.29, 1.82) is 5.26 Å². The molecular formula is C25H36FN5O3S. The van der Waals surface area contributed by atoms with Crippen LogP contribution in [0.25, 0.3) is 0 Å². The Kier molecular flexibility index (Phi) is 6.94. The fourth-order valence-corrected chi connectivity index (χ4v) is 8.85. The van der Waals surface area contributed by atoms with E-state index in [-0.39, 0.29) is 23.9 Å². The number of nitrogens with one attached hydrogen (secondary N) is 3. The van der Waals surface area contributed by atoms with Crippen LogP contribution in [0.5, 0.6) is 0 Å². The summed E-state index contributed by atoms with van der Waals surface area (Å²) in [5.74, 6) is 0.612. The third-order valence-corrected chi connectivity index (χ3v) is 9.80. The maximum absolute atomic E-state index is 13.1. The molecule has 4 N–H and O–H groups in total. The fraction of sp³-hybridized carbons (Fsp3) is 0.720. The predicted octanol–water partition coefficient (Wildman–Crippen LogP) is 1.78. The Labute approximate surface area is 207 Å². The van der Waals surface area contributed by atoms with Crippen molar-refractivity contribution in [3.63, 3.8) is 0 Å². The molecule has 5 aliphatic rings. The van der Waals surface area contributed by atoms with Crippen molar-refractivity contribution >= 4 is 10.2 Å². The molecule has 1 heterocycles. The first-order valence-electron chi connectivity index (χ1n) is 12.8. The number of β-amino-alcohol motifs (C(OH)–C–C–N with tert-alkyl or cyclic N) is 1. The number of rotatable bonds is 10. The summed E-state index contributed by atoms with van der Waals surface area (Å²) >= 11 is 0. The van der Waals surface area contributed by atoms with Crippen LogP contribution >= 0.6 is 0 Å². The lowest BCUT2D eigenvalue weighted by molar-refractivity contribution is -0.0581. The van der Waals surface area contributed by atoms with E-state index in [4.69, 9.17) is 0 Å². The molecule has 35 heavy (non-hydrogen) atoms. The maximum Gasteiger partial charge on any atom is 0.277 e. The van der Waals surface area contributed by atoms with E-state index in [0.29, 0.717) is 31.2 Å². The Morgan fingerprint density at radius 3 is 2.54 bits per heavy atom. The van der Waals surface area contributed by atoms with Crippen LogP contribution in [0.4, 0.5) is 4.39 Å². The van der Waals surface area contributed by atoms with Crippen molar-refractivity contribution in [1.82, 2.24) is 19.7 Å². The summed E-state index contributed by atoms with van der Waals surface area (Å²) < 4.78 is 44.8. The Hall–Kier alpha value is -1.61. The molecule has 3 unspecified atom stereocenters. The first-order valence-corrected chi connectivity index (χ1v) is 14.3. The lowest BCUT2D eigenvalue weighted by Gasteiger charge is -2.62. The number of likely N-dealkylation sites (tertiary alicyclic amines) is 1. The summed E-state index contributed by atoms with van der Waals surface area (Å²) in [6.45, 7) is 1.36. The van der Waals surface area contributed by atoms with E-state index in [0.717, 1.165) is 57.1 Å². The van der Waals surface area contributed by atoms with Gasteiger partial charge in [0.2, 0.25) is 0 Å². The smallest absolute Gasteiger partial charge is 0.277 e. The number of aliphatic hydroxyl groups excluding tert-OH is 1. The number of hydrogen-bond acceptors (Lipinski definition) is 6. The molecule has 1 aliphatic heterocycles. The van der Waals surface area contributed by atoms with Gasteiger partial charge in [-0.15, -0.1) is 0 Å². The van der Waals surface area contributed by atoms with Crippen molar-refractivity contribution < 1.29 is 17.9 Å². The summed E-state index contributed by atoms with van der Waals surface area (Å²) in [5, 5.41) is 23.8. The minimum atomic E-state index is -3.70. The van der Waals surface area contributed by atoms with Gasteiger partial charge in [0.1, 0.15) is 12.0 Å². The zero-order chi connectivity index (χ0) is 24.7. The average molecular weight is 506 g/mol. The van der Waals surface area contributed by atoms with Gasteiger partial charge in [-0.3, -0.25) is 4.90 Å². The van der Waals surface area contributed by atoms with Crippen LogP contribution in [0, 0.1) is 29.0 Å². The number of nitrogens with zero attached hydrogens (tertiary/aromatic N) is 2. The van der Waals surface area contributed by atoms with Gasteiger partial charge in [0.15, 0.2) is 0 Å². The Bertz CT molecular complexity index is 1050. The number of hydrogen-bond donors (Lipinski definition) is 4. The van der Waals surface area contributed by atoms with E-state index in [1.54, 1.807) is 12.1 Å². The largest absolute Gasteiger partial charge is 0.377 e. The molecule has 4 saturated carbocycles. The molecule has 192 valence electrons. The van der Waals surface area contributed by atoms with Gasteiger partial charge in [0.25, 0.3) is 10.2 Å². The number of aliphatic hydroxyl groups is 1.